The number of carbonyl (C=O) groups is 1. The minimum atomic E-state index is 0.106. The highest BCUT2D eigenvalue weighted by Gasteiger charge is 2.23. The van der Waals surface area contributed by atoms with Gasteiger partial charge in [-0.15, -0.1) is 0 Å². The van der Waals surface area contributed by atoms with Crippen LogP contribution in [0.1, 0.15) is 19.8 Å². The SMILES string of the molecule is CC1CN(C(=O)CCCO)CCN1C. The molecular weight excluding hydrogens is 180 g/mol. The summed E-state index contributed by atoms with van der Waals surface area (Å²) in [5.74, 6) is 0.180. The first-order valence-electron chi connectivity index (χ1n) is 5.24. The molecule has 0 spiro atoms. The molecule has 1 heterocycles. The van der Waals surface area contributed by atoms with E-state index in [0.717, 1.165) is 19.6 Å². The van der Waals surface area contributed by atoms with Gasteiger partial charge in [0.15, 0.2) is 0 Å². The molecule has 4 nitrogen and oxygen atoms in total. The number of hydrogen-bond acceptors (Lipinski definition) is 3. The number of aliphatic hydroxyl groups is 1. The maximum absolute atomic E-state index is 11.6. The fraction of sp³-hybridized carbons (Fsp3) is 0.900. The van der Waals surface area contributed by atoms with Gasteiger partial charge in [-0.1, -0.05) is 0 Å². The second kappa shape index (κ2) is 5.32. The Balaban J connectivity index is 2.34. The van der Waals surface area contributed by atoms with Crippen LogP contribution in [-0.4, -0.2) is 60.1 Å². The molecule has 0 bridgehead atoms. The Hall–Kier alpha value is -0.610. The minimum Gasteiger partial charge on any atom is -0.396 e. The minimum absolute atomic E-state index is 0.106. The van der Waals surface area contributed by atoms with E-state index in [4.69, 9.17) is 5.11 Å². The highest BCUT2D eigenvalue weighted by Crippen LogP contribution is 2.08. The smallest absolute Gasteiger partial charge is 0.222 e. The van der Waals surface area contributed by atoms with E-state index in [9.17, 15) is 4.79 Å². The highest BCUT2D eigenvalue weighted by atomic mass is 16.3. The van der Waals surface area contributed by atoms with Crippen molar-refractivity contribution in [3.63, 3.8) is 0 Å². The lowest BCUT2D eigenvalue weighted by molar-refractivity contribution is -0.134. The Bertz CT molecular complexity index is 197. The van der Waals surface area contributed by atoms with E-state index in [-0.39, 0.29) is 12.5 Å². The lowest BCUT2D eigenvalue weighted by Crippen LogP contribution is -2.51. The topological polar surface area (TPSA) is 43.8 Å². The number of carbonyl (C=O) groups excluding carboxylic acids is 1. The van der Waals surface area contributed by atoms with Gasteiger partial charge in [-0.25, -0.2) is 0 Å². The second-order valence-corrected chi connectivity index (χ2v) is 4.00. The quantitative estimate of drug-likeness (QED) is 0.693. The molecule has 0 radical (unpaired) electrons. The van der Waals surface area contributed by atoms with Crippen LogP contribution in [0.5, 0.6) is 0 Å². The summed E-state index contributed by atoms with van der Waals surface area (Å²) in [7, 11) is 2.08. The zero-order valence-electron chi connectivity index (χ0n) is 9.07. The molecule has 0 aliphatic carbocycles. The first kappa shape index (κ1) is 11.5. The predicted molar refractivity (Wildman–Crippen MR) is 55.0 cm³/mol. The normalized spacial score (nSPS) is 23.9. The van der Waals surface area contributed by atoms with E-state index < -0.39 is 0 Å². The fourth-order valence-electron chi connectivity index (χ4n) is 1.66. The van der Waals surface area contributed by atoms with Crippen LogP contribution in [0, 0.1) is 0 Å². The van der Waals surface area contributed by atoms with E-state index in [2.05, 4.69) is 18.9 Å². The number of aliphatic hydroxyl groups excluding tert-OH is 1. The van der Waals surface area contributed by atoms with Crippen molar-refractivity contribution in [3.8, 4) is 0 Å². The second-order valence-electron chi connectivity index (χ2n) is 4.00. The van der Waals surface area contributed by atoms with Crippen molar-refractivity contribution in [1.82, 2.24) is 9.80 Å². The third-order valence-corrected chi connectivity index (χ3v) is 2.86. The fourth-order valence-corrected chi connectivity index (χ4v) is 1.66. The number of likely N-dealkylation sites (N-methyl/N-ethyl adjacent to an activating group) is 1. The van der Waals surface area contributed by atoms with E-state index in [1.165, 1.54) is 0 Å². The van der Waals surface area contributed by atoms with Gasteiger partial charge in [0.1, 0.15) is 0 Å². The number of piperazine rings is 1. The number of nitrogens with zero attached hydrogens (tertiary/aromatic N) is 2. The van der Waals surface area contributed by atoms with Gasteiger partial charge in [-0.2, -0.15) is 0 Å². The zero-order chi connectivity index (χ0) is 10.6. The lowest BCUT2D eigenvalue weighted by atomic mass is 10.2. The van der Waals surface area contributed by atoms with Crippen molar-refractivity contribution < 1.29 is 9.90 Å². The number of amides is 1. The van der Waals surface area contributed by atoms with Crippen LogP contribution in [0.15, 0.2) is 0 Å². The van der Waals surface area contributed by atoms with E-state index in [1.54, 1.807) is 0 Å². The summed E-state index contributed by atoms with van der Waals surface area (Å²) < 4.78 is 0. The Labute approximate surface area is 85.5 Å². The molecule has 14 heavy (non-hydrogen) atoms. The van der Waals surface area contributed by atoms with Crippen LogP contribution >= 0.6 is 0 Å². The zero-order valence-corrected chi connectivity index (χ0v) is 9.07. The first-order chi connectivity index (χ1) is 6.65. The van der Waals surface area contributed by atoms with Gasteiger partial charge in [0, 0.05) is 38.7 Å². The molecule has 1 unspecified atom stereocenters. The molecule has 1 amide bonds. The monoisotopic (exact) mass is 200 g/mol. The average molecular weight is 200 g/mol. The molecule has 0 aromatic carbocycles. The largest absolute Gasteiger partial charge is 0.396 e. The molecule has 0 aromatic heterocycles. The average Bonchev–Trinajstić information content (AvgIpc) is 2.18. The molecule has 0 saturated carbocycles. The van der Waals surface area contributed by atoms with Crippen LogP contribution in [0.25, 0.3) is 0 Å². The third kappa shape index (κ3) is 2.96. The van der Waals surface area contributed by atoms with Crippen molar-refractivity contribution in [1.29, 1.82) is 0 Å². The maximum atomic E-state index is 11.6. The Morgan fingerprint density at radius 1 is 1.50 bits per heavy atom. The van der Waals surface area contributed by atoms with Gasteiger partial charge in [0.25, 0.3) is 0 Å². The standard InChI is InChI=1S/C10H20N2O2/c1-9-8-12(6-5-11(9)2)10(14)4-3-7-13/h9,13H,3-8H2,1-2H3. The summed E-state index contributed by atoms with van der Waals surface area (Å²) >= 11 is 0. The van der Waals surface area contributed by atoms with E-state index in [0.29, 0.717) is 18.9 Å². The first-order valence-corrected chi connectivity index (χ1v) is 5.24. The summed E-state index contributed by atoms with van der Waals surface area (Å²) in [6.07, 6.45) is 1.06. The van der Waals surface area contributed by atoms with Crippen molar-refractivity contribution in [2.24, 2.45) is 0 Å². The molecule has 1 aliphatic heterocycles. The van der Waals surface area contributed by atoms with E-state index in [1.807, 2.05) is 4.90 Å². The predicted octanol–water partition coefficient (Wildman–Crippen LogP) is -0.0786. The molecule has 1 N–H and O–H groups in total. The molecule has 1 atom stereocenters. The molecule has 4 heteroatoms. The highest BCUT2D eigenvalue weighted by molar-refractivity contribution is 5.76. The Morgan fingerprint density at radius 3 is 2.79 bits per heavy atom. The van der Waals surface area contributed by atoms with Crippen LogP contribution in [0.2, 0.25) is 0 Å². The van der Waals surface area contributed by atoms with Gasteiger partial charge < -0.3 is 14.9 Å². The van der Waals surface area contributed by atoms with Gasteiger partial charge >= 0.3 is 0 Å². The van der Waals surface area contributed by atoms with Crippen molar-refractivity contribution in [2.75, 3.05) is 33.3 Å². The van der Waals surface area contributed by atoms with Crippen LogP contribution in [0.4, 0.5) is 0 Å². The molecule has 1 fully saturated rings. The van der Waals surface area contributed by atoms with Gasteiger partial charge in [0.2, 0.25) is 5.91 Å². The molecule has 1 aliphatic rings. The molecule has 82 valence electrons. The molecule has 0 aromatic rings. The molecule has 1 rings (SSSR count). The Kier molecular flexibility index (Phi) is 4.35. The van der Waals surface area contributed by atoms with Crippen molar-refractivity contribution in [2.45, 2.75) is 25.8 Å². The third-order valence-electron chi connectivity index (χ3n) is 2.86. The lowest BCUT2D eigenvalue weighted by Gasteiger charge is -2.37. The van der Waals surface area contributed by atoms with Gasteiger partial charge in [-0.3, -0.25) is 4.79 Å². The van der Waals surface area contributed by atoms with Crippen LogP contribution in [-0.2, 0) is 4.79 Å². The number of rotatable bonds is 3. The van der Waals surface area contributed by atoms with E-state index >= 15 is 0 Å². The van der Waals surface area contributed by atoms with Crippen molar-refractivity contribution in [3.05, 3.63) is 0 Å². The summed E-state index contributed by atoms with van der Waals surface area (Å²) in [6.45, 7) is 4.83. The van der Waals surface area contributed by atoms with Gasteiger partial charge in [0.05, 0.1) is 0 Å². The molecular formula is C10H20N2O2. The Morgan fingerprint density at radius 2 is 2.21 bits per heavy atom. The summed E-state index contributed by atoms with van der Waals surface area (Å²) in [5.41, 5.74) is 0. The number of hydrogen-bond donors (Lipinski definition) is 1. The maximum Gasteiger partial charge on any atom is 0.222 e. The van der Waals surface area contributed by atoms with Crippen molar-refractivity contribution >= 4 is 5.91 Å². The van der Waals surface area contributed by atoms with Gasteiger partial charge in [-0.05, 0) is 20.4 Å². The van der Waals surface area contributed by atoms with Crippen LogP contribution < -0.4 is 0 Å². The van der Waals surface area contributed by atoms with Crippen LogP contribution in [0.3, 0.4) is 0 Å². The molecule has 1 saturated heterocycles. The summed E-state index contributed by atoms with van der Waals surface area (Å²) in [5, 5.41) is 8.63. The summed E-state index contributed by atoms with van der Waals surface area (Å²) in [6, 6.07) is 0.446. The summed E-state index contributed by atoms with van der Waals surface area (Å²) in [4.78, 5) is 15.8.